The third kappa shape index (κ3) is 2.78. The molecule has 0 aliphatic carbocycles. The minimum atomic E-state index is 0.0607. The lowest BCUT2D eigenvalue weighted by Gasteiger charge is -2.38. The van der Waals surface area contributed by atoms with Gasteiger partial charge in [-0.25, -0.2) is 0 Å². The van der Waals surface area contributed by atoms with Gasteiger partial charge in [0.25, 0.3) is 5.91 Å². The Bertz CT molecular complexity index is 649. The van der Waals surface area contributed by atoms with E-state index in [0.717, 1.165) is 24.1 Å². The standard InChI is InChI=1S/C18H23N3O/c1-12-7-9-15(10-8-12)16-11-17(20-19-16)18(22)21-13(2)5-4-6-14(21)3/h7-11,13-14H,4-6H2,1-3H3,(H,19,20)/t13-,14+. The molecule has 1 aliphatic rings. The summed E-state index contributed by atoms with van der Waals surface area (Å²) in [4.78, 5) is 14.8. The van der Waals surface area contributed by atoms with E-state index in [2.05, 4.69) is 43.1 Å². The molecule has 0 radical (unpaired) electrons. The SMILES string of the molecule is Cc1ccc(-c2cc(C(=O)N3[C@H](C)CCC[C@@H]3C)[nH]n2)cc1. The molecule has 4 heteroatoms. The number of likely N-dealkylation sites (tertiary alicyclic amines) is 1. The summed E-state index contributed by atoms with van der Waals surface area (Å²) < 4.78 is 0. The summed E-state index contributed by atoms with van der Waals surface area (Å²) in [6, 6.07) is 10.6. The maximum absolute atomic E-state index is 12.8. The van der Waals surface area contributed by atoms with Crippen molar-refractivity contribution in [2.75, 3.05) is 0 Å². The predicted octanol–water partition coefficient (Wildman–Crippen LogP) is 3.79. The molecule has 1 saturated heterocycles. The molecular formula is C18H23N3O. The Morgan fingerprint density at radius 1 is 1.18 bits per heavy atom. The molecule has 116 valence electrons. The number of carbonyl (C=O) groups excluding carboxylic acids is 1. The molecule has 1 aliphatic heterocycles. The molecule has 1 N–H and O–H groups in total. The van der Waals surface area contributed by atoms with Crippen LogP contribution in [0.1, 0.15) is 49.2 Å². The van der Waals surface area contributed by atoms with E-state index in [1.807, 2.05) is 23.1 Å². The molecule has 2 heterocycles. The number of aromatic amines is 1. The lowest BCUT2D eigenvalue weighted by Crippen LogP contribution is -2.47. The summed E-state index contributed by atoms with van der Waals surface area (Å²) in [6.07, 6.45) is 3.35. The predicted molar refractivity (Wildman–Crippen MR) is 87.7 cm³/mol. The first kappa shape index (κ1) is 14.8. The van der Waals surface area contributed by atoms with Crippen molar-refractivity contribution in [3.63, 3.8) is 0 Å². The Morgan fingerprint density at radius 2 is 1.82 bits per heavy atom. The minimum absolute atomic E-state index is 0.0607. The minimum Gasteiger partial charge on any atom is -0.332 e. The molecule has 0 saturated carbocycles. The number of carbonyl (C=O) groups is 1. The average molecular weight is 297 g/mol. The van der Waals surface area contributed by atoms with Gasteiger partial charge >= 0.3 is 0 Å². The highest BCUT2D eigenvalue weighted by atomic mass is 16.2. The van der Waals surface area contributed by atoms with E-state index in [1.165, 1.54) is 12.0 Å². The van der Waals surface area contributed by atoms with Gasteiger partial charge in [-0.15, -0.1) is 0 Å². The fourth-order valence-corrected chi connectivity index (χ4v) is 3.26. The quantitative estimate of drug-likeness (QED) is 0.917. The van der Waals surface area contributed by atoms with Crippen LogP contribution < -0.4 is 0 Å². The number of H-pyrrole nitrogens is 1. The lowest BCUT2D eigenvalue weighted by molar-refractivity contribution is 0.0504. The molecule has 1 aromatic heterocycles. The maximum atomic E-state index is 12.8. The average Bonchev–Trinajstić information content (AvgIpc) is 2.97. The first-order valence-electron chi connectivity index (χ1n) is 8.01. The number of amides is 1. The van der Waals surface area contributed by atoms with E-state index < -0.39 is 0 Å². The van der Waals surface area contributed by atoms with Gasteiger partial charge in [0.1, 0.15) is 5.69 Å². The molecule has 1 amide bonds. The van der Waals surface area contributed by atoms with Crippen LogP contribution in [0.25, 0.3) is 11.3 Å². The summed E-state index contributed by atoms with van der Waals surface area (Å²) in [6.45, 7) is 6.32. The number of nitrogens with one attached hydrogen (secondary N) is 1. The molecule has 0 unspecified atom stereocenters. The topological polar surface area (TPSA) is 49.0 Å². The number of piperidine rings is 1. The van der Waals surface area contributed by atoms with Crippen molar-refractivity contribution in [2.45, 2.75) is 52.1 Å². The van der Waals surface area contributed by atoms with Crippen LogP contribution in [0.5, 0.6) is 0 Å². The van der Waals surface area contributed by atoms with Crippen molar-refractivity contribution >= 4 is 5.91 Å². The summed E-state index contributed by atoms with van der Waals surface area (Å²) in [5.74, 6) is 0.0607. The number of hydrogen-bond acceptors (Lipinski definition) is 2. The van der Waals surface area contributed by atoms with E-state index in [0.29, 0.717) is 17.8 Å². The van der Waals surface area contributed by atoms with E-state index in [1.54, 1.807) is 0 Å². The number of hydrogen-bond donors (Lipinski definition) is 1. The van der Waals surface area contributed by atoms with E-state index in [9.17, 15) is 4.79 Å². The first-order valence-corrected chi connectivity index (χ1v) is 8.01. The van der Waals surface area contributed by atoms with Crippen molar-refractivity contribution in [2.24, 2.45) is 0 Å². The number of rotatable bonds is 2. The molecule has 0 spiro atoms. The van der Waals surface area contributed by atoms with Gasteiger partial charge in [-0.1, -0.05) is 29.8 Å². The Balaban J connectivity index is 1.83. The molecule has 1 aromatic carbocycles. The smallest absolute Gasteiger partial charge is 0.272 e. The van der Waals surface area contributed by atoms with E-state index in [4.69, 9.17) is 0 Å². The van der Waals surface area contributed by atoms with Gasteiger partial charge in [-0.05, 0) is 46.1 Å². The number of nitrogens with zero attached hydrogens (tertiary/aromatic N) is 2. The monoisotopic (exact) mass is 297 g/mol. The van der Waals surface area contributed by atoms with Crippen LogP contribution in [0.15, 0.2) is 30.3 Å². The fraction of sp³-hybridized carbons (Fsp3) is 0.444. The molecule has 2 atom stereocenters. The van der Waals surface area contributed by atoms with Crippen LogP contribution in [0.3, 0.4) is 0 Å². The molecule has 0 bridgehead atoms. The van der Waals surface area contributed by atoms with Crippen LogP contribution in [0, 0.1) is 6.92 Å². The fourth-order valence-electron chi connectivity index (χ4n) is 3.26. The van der Waals surface area contributed by atoms with Crippen LogP contribution >= 0.6 is 0 Å². The molecule has 3 rings (SSSR count). The lowest BCUT2D eigenvalue weighted by atomic mass is 9.97. The van der Waals surface area contributed by atoms with Gasteiger partial charge < -0.3 is 4.90 Å². The third-order valence-corrected chi connectivity index (χ3v) is 4.58. The summed E-state index contributed by atoms with van der Waals surface area (Å²) in [5.41, 5.74) is 3.64. The summed E-state index contributed by atoms with van der Waals surface area (Å²) in [5, 5.41) is 7.23. The van der Waals surface area contributed by atoms with Crippen molar-refractivity contribution in [1.82, 2.24) is 15.1 Å². The van der Waals surface area contributed by atoms with E-state index >= 15 is 0 Å². The van der Waals surface area contributed by atoms with Crippen molar-refractivity contribution in [1.29, 1.82) is 0 Å². The largest absolute Gasteiger partial charge is 0.332 e. The normalized spacial score (nSPS) is 21.9. The number of aryl methyl sites for hydroxylation is 1. The Labute approximate surface area is 131 Å². The highest BCUT2D eigenvalue weighted by Gasteiger charge is 2.30. The number of aromatic nitrogens is 2. The van der Waals surface area contributed by atoms with Gasteiger partial charge in [-0.2, -0.15) is 5.10 Å². The summed E-state index contributed by atoms with van der Waals surface area (Å²) in [7, 11) is 0. The van der Waals surface area contributed by atoms with Gasteiger partial charge in [-0.3, -0.25) is 9.89 Å². The second-order valence-electron chi connectivity index (χ2n) is 6.37. The second-order valence-corrected chi connectivity index (χ2v) is 6.37. The highest BCUT2D eigenvalue weighted by Crippen LogP contribution is 2.25. The van der Waals surface area contributed by atoms with Crippen molar-refractivity contribution < 1.29 is 4.79 Å². The third-order valence-electron chi connectivity index (χ3n) is 4.58. The highest BCUT2D eigenvalue weighted by molar-refractivity contribution is 5.93. The molecular weight excluding hydrogens is 274 g/mol. The van der Waals surface area contributed by atoms with Gasteiger partial charge in [0, 0.05) is 17.6 Å². The van der Waals surface area contributed by atoms with Gasteiger partial charge in [0.15, 0.2) is 0 Å². The zero-order valence-electron chi connectivity index (χ0n) is 13.5. The zero-order valence-corrected chi connectivity index (χ0v) is 13.5. The molecule has 1 fully saturated rings. The summed E-state index contributed by atoms with van der Waals surface area (Å²) >= 11 is 0. The maximum Gasteiger partial charge on any atom is 0.272 e. The Kier molecular flexibility index (Phi) is 4.01. The van der Waals surface area contributed by atoms with Crippen LogP contribution in [-0.4, -0.2) is 33.1 Å². The zero-order chi connectivity index (χ0) is 15.7. The van der Waals surface area contributed by atoms with Gasteiger partial charge in [0.05, 0.1) is 5.69 Å². The Morgan fingerprint density at radius 3 is 2.45 bits per heavy atom. The van der Waals surface area contributed by atoms with Gasteiger partial charge in [0.2, 0.25) is 0 Å². The molecule has 4 nitrogen and oxygen atoms in total. The second kappa shape index (κ2) is 5.95. The van der Waals surface area contributed by atoms with Crippen LogP contribution in [0.4, 0.5) is 0 Å². The molecule has 2 aromatic rings. The van der Waals surface area contributed by atoms with Crippen molar-refractivity contribution in [3.05, 3.63) is 41.6 Å². The molecule has 22 heavy (non-hydrogen) atoms. The first-order chi connectivity index (χ1) is 10.6. The van der Waals surface area contributed by atoms with Crippen LogP contribution in [-0.2, 0) is 0 Å². The Hall–Kier alpha value is -2.10. The van der Waals surface area contributed by atoms with Crippen molar-refractivity contribution in [3.8, 4) is 11.3 Å². The van der Waals surface area contributed by atoms with Crippen LogP contribution in [0.2, 0.25) is 0 Å². The number of benzene rings is 1. The van der Waals surface area contributed by atoms with E-state index in [-0.39, 0.29) is 5.91 Å².